The van der Waals surface area contributed by atoms with E-state index >= 15 is 0 Å². The molecule has 0 bridgehead atoms. The van der Waals surface area contributed by atoms with Gasteiger partial charge >= 0.3 is 32.6 Å². The summed E-state index contributed by atoms with van der Waals surface area (Å²) in [7, 11) is -3.13. The molecule has 0 aliphatic carbocycles. The van der Waals surface area contributed by atoms with Crippen molar-refractivity contribution in [3.05, 3.63) is 0 Å². The van der Waals surface area contributed by atoms with Crippen molar-refractivity contribution >= 4 is 24.7 Å². The zero-order chi connectivity index (χ0) is 6.28. The van der Waals surface area contributed by atoms with Gasteiger partial charge in [0.25, 0.3) is 0 Å². The molecule has 8 heteroatoms. The molecule has 0 rings (SSSR count). The maximum absolute atomic E-state index is 8.74. The van der Waals surface area contributed by atoms with Crippen LogP contribution in [-0.2, 0) is 8.27 Å². The molecular formula is H5AlO6Si. The van der Waals surface area contributed by atoms with Gasteiger partial charge in [0.05, 0.1) is 0 Å². The van der Waals surface area contributed by atoms with Crippen molar-refractivity contribution in [2.24, 2.45) is 0 Å². The van der Waals surface area contributed by atoms with Crippen molar-refractivity contribution in [2.75, 3.05) is 0 Å². The third-order valence-corrected chi connectivity index (χ3v) is 0. The Balaban J connectivity index is -0.0000000575. The van der Waals surface area contributed by atoms with Gasteiger partial charge in [0.1, 0.15) is 0 Å². The van der Waals surface area contributed by atoms with Crippen molar-refractivity contribution < 1.29 is 27.5 Å². The second-order valence-corrected chi connectivity index (χ2v) is 1.16. The Morgan fingerprint density at radius 3 is 1.38 bits per heavy atom. The summed E-state index contributed by atoms with van der Waals surface area (Å²) in [5.41, 5.74) is 0. The third kappa shape index (κ3) is 1500. The van der Waals surface area contributed by atoms with Gasteiger partial charge in [0.15, 0.2) is 0 Å². The molecular weight excluding hydrogens is 151 g/mol. The Labute approximate surface area is 52.9 Å². The summed E-state index contributed by atoms with van der Waals surface area (Å²) >= 11 is -1.50. The summed E-state index contributed by atoms with van der Waals surface area (Å²) in [6, 6.07) is 0. The molecule has 0 amide bonds. The normalized spacial score (nSPS) is 4.00. The molecule has 0 aliphatic rings. The molecule has 8 heavy (non-hydrogen) atoms. The molecule has 0 atom stereocenters. The van der Waals surface area contributed by atoms with Gasteiger partial charge in [-0.3, -0.25) is 4.46 Å². The van der Waals surface area contributed by atoms with E-state index in [1.165, 1.54) is 0 Å². The fourth-order valence-corrected chi connectivity index (χ4v) is 0. The van der Waals surface area contributed by atoms with Gasteiger partial charge in [0, 0.05) is 0 Å². The molecule has 0 aromatic heterocycles. The molecule has 0 unspecified atom stereocenters. The first-order valence-corrected chi connectivity index (χ1v) is 3.44. The number of hydrogen-bond donors (Lipinski definition) is 3. The molecule has 0 saturated carbocycles. The molecule has 0 aromatic rings. The first kappa shape index (κ1) is 15.6. The fourth-order valence-electron chi connectivity index (χ4n) is 0. The Morgan fingerprint density at radius 2 is 1.38 bits per heavy atom. The van der Waals surface area contributed by atoms with E-state index in [1.54, 1.807) is 0 Å². The maximum atomic E-state index is 8.74. The first-order chi connectivity index (χ1) is 3.15. The summed E-state index contributed by atoms with van der Waals surface area (Å²) in [6.45, 7) is 0. The van der Waals surface area contributed by atoms with Crippen LogP contribution >= 0.6 is 0 Å². The van der Waals surface area contributed by atoms with Crippen LogP contribution in [0.3, 0.4) is 0 Å². The molecule has 48 valence electrons. The summed E-state index contributed by atoms with van der Waals surface area (Å²) in [4.78, 5) is 14.3. The Bertz CT molecular complexity index is 55.5. The van der Waals surface area contributed by atoms with Gasteiger partial charge in [0.2, 0.25) is 0 Å². The molecule has 0 fully saturated rings. The van der Waals surface area contributed by atoms with Gasteiger partial charge in [-0.15, -0.1) is 0 Å². The standard InChI is InChI=1S/Al.H2O3Si.2H2O.O/c;1-4(2)3;;;/h;1-2H;2*1H2;/q+1;;;;/p-1. The van der Waals surface area contributed by atoms with E-state index in [1.807, 2.05) is 0 Å². The first-order valence-electron chi connectivity index (χ1n) is 1.15. The van der Waals surface area contributed by atoms with E-state index in [0.717, 1.165) is 0 Å². The molecule has 6 nitrogen and oxygen atoms in total. The zero-order valence-corrected chi connectivity index (χ0v) is 5.89. The van der Waals surface area contributed by atoms with Crippen LogP contribution in [0.1, 0.15) is 0 Å². The van der Waals surface area contributed by atoms with Gasteiger partial charge in [-0.2, -0.15) is 0 Å². The molecule has 0 radical (unpaired) electrons. The van der Waals surface area contributed by atoms with E-state index in [-0.39, 0.29) is 5.48 Å². The molecule has 0 saturated heterocycles. The molecule has 5 N–H and O–H groups in total. The minimum atomic E-state index is -3.13. The molecule has 0 aliphatic heterocycles. The number of hydrogen-bond acceptors (Lipinski definition) is 2. The topological polar surface area (TPSA) is 126 Å². The van der Waals surface area contributed by atoms with Gasteiger partial charge in [-0.1, -0.05) is 0 Å². The van der Waals surface area contributed by atoms with Crippen LogP contribution in [0.15, 0.2) is 0 Å². The van der Waals surface area contributed by atoms with Crippen molar-refractivity contribution in [1.29, 1.82) is 0 Å². The van der Waals surface area contributed by atoms with E-state index in [0.29, 0.717) is 0 Å². The summed E-state index contributed by atoms with van der Waals surface area (Å²) in [5, 5.41) is 0. The molecule has 0 heterocycles. The van der Waals surface area contributed by atoms with E-state index in [9.17, 15) is 0 Å². The minimum absolute atomic E-state index is 0. The second kappa shape index (κ2) is 15.9. The molecule has 0 aromatic carbocycles. The van der Waals surface area contributed by atoms with Crippen LogP contribution in [0.25, 0.3) is 0 Å². The average Bonchev–Trinajstić information content (AvgIpc) is 1.33. The van der Waals surface area contributed by atoms with Crippen molar-refractivity contribution in [3.8, 4) is 0 Å². The summed E-state index contributed by atoms with van der Waals surface area (Å²) < 4.78 is 24.4. The van der Waals surface area contributed by atoms with E-state index in [2.05, 4.69) is 0 Å². The molecule has 0 spiro atoms. The zero-order valence-electron chi connectivity index (χ0n) is 3.74. The number of rotatable bonds is 0. The second-order valence-electron chi connectivity index (χ2n) is 0.388. The summed E-state index contributed by atoms with van der Waals surface area (Å²) in [6.07, 6.45) is 0. The van der Waals surface area contributed by atoms with Crippen molar-refractivity contribution in [1.82, 2.24) is 0 Å². The summed E-state index contributed by atoms with van der Waals surface area (Å²) in [5.74, 6) is 0. The van der Waals surface area contributed by atoms with Crippen LogP contribution in [-0.4, -0.2) is 43.9 Å². The van der Waals surface area contributed by atoms with Crippen LogP contribution in [0.5, 0.6) is 0 Å². The van der Waals surface area contributed by atoms with Crippen LogP contribution < -0.4 is 0 Å². The van der Waals surface area contributed by atoms with Crippen molar-refractivity contribution in [2.45, 2.75) is 0 Å². The van der Waals surface area contributed by atoms with E-state index < -0.39 is 24.7 Å². The van der Waals surface area contributed by atoms with Crippen molar-refractivity contribution in [3.63, 3.8) is 0 Å². The third-order valence-electron chi connectivity index (χ3n) is 0. The Kier molecular flexibility index (Phi) is 31.1. The van der Waals surface area contributed by atoms with Gasteiger partial charge < -0.3 is 15.1 Å². The SMILES string of the molecule is O.O=[Si](O)O.[O]=[Al][OH]. The monoisotopic (exact) mass is 156 g/mol. The predicted octanol–water partition coefficient (Wildman–Crippen LogP) is -3.49. The van der Waals surface area contributed by atoms with Gasteiger partial charge in [-0.25, -0.2) is 0 Å². The van der Waals surface area contributed by atoms with Crippen LogP contribution in [0, 0.1) is 0 Å². The predicted molar refractivity (Wildman–Crippen MR) is 23.2 cm³/mol. The van der Waals surface area contributed by atoms with Crippen LogP contribution in [0.2, 0.25) is 0 Å². The Hall–Kier alpha value is -0.291. The fraction of sp³-hybridized carbons (Fsp3) is 0. The van der Waals surface area contributed by atoms with Crippen LogP contribution in [0.4, 0.5) is 0 Å². The quantitative estimate of drug-likeness (QED) is 0.314. The Morgan fingerprint density at radius 1 is 1.38 bits per heavy atom. The van der Waals surface area contributed by atoms with E-state index in [4.69, 9.17) is 22.0 Å². The average molecular weight is 156 g/mol. The van der Waals surface area contributed by atoms with Gasteiger partial charge in [-0.05, 0) is 0 Å².